The van der Waals surface area contributed by atoms with Crippen LogP contribution in [0.15, 0.2) is 29.2 Å². The molecule has 24 heavy (non-hydrogen) atoms. The van der Waals surface area contributed by atoms with Gasteiger partial charge in [0.1, 0.15) is 0 Å². The molecule has 2 N–H and O–H groups in total. The van der Waals surface area contributed by atoms with Crippen LogP contribution in [0.25, 0.3) is 0 Å². The number of carbonyl (C=O) groups is 2. The fourth-order valence-corrected chi connectivity index (χ4v) is 3.69. The molecule has 2 amide bonds. The molecule has 1 atom stereocenters. The summed E-state index contributed by atoms with van der Waals surface area (Å²) in [5.41, 5.74) is 0.639. The molecule has 0 unspecified atom stereocenters. The first kappa shape index (κ1) is 18.8. The number of benzene rings is 1. The maximum atomic E-state index is 12.4. The highest BCUT2D eigenvalue weighted by molar-refractivity contribution is 8.00. The van der Waals surface area contributed by atoms with E-state index in [1.54, 1.807) is 0 Å². The first-order valence-electron chi connectivity index (χ1n) is 8.63. The fourth-order valence-electron chi connectivity index (χ4n) is 2.74. The van der Waals surface area contributed by atoms with Crippen LogP contribution in [-0.4, -0.2) is 54.7 Å². The molecule has 0 bridgehead atoms. The van der Waals surface area contributed by atoms with E-state index in [-0.39, 0.29) is 17.9 Å². The average Bonchev–Trinajstić information content (AvgIpc) is 3.13. The summed E-state index contributed by atoms with van der Waals surface area (Å²) in [4.78, 5) is 27.4. The first-order valence-corrected chi connectivity index (χ1v) is 9.61. The zero-order valence-electron chi connectivity index (χ0n) is 14.5. The molecule has 0 aliphatic carbocycles. The van der Waals surface area contributed by atoms with E-state index < -0.39 is 0 Å². The summed E-state index contributed by atoms with van der Waals surface area (Å²) in [6.07, 6.45) is 2.19. The lowest BCUT2D eigenvalue weighted by Gasteiger charge is -2.16. The van der Waals surface area contributed by atoms with Gasteiger partial charge in [-0.1, -0.05) is 19.1 Å². The molecular weight excluding hydrogens is 322 g/mol. The van der Waals surface area contributed by atoms with Crippen molar-refractivity contribution in [3.8, 4) is 0 Å². The summed E-state index contributed by atoms with van der Waals surface area (Å²) in [6.45, 7) is 7.27. The maximum Gasteiger partial charge on any atom is 0.252 e. The van der Waals surface area contributed by atoms with E-state index >= 15 is 0 Å². The molecule has 2 rings (SSSR count). The second-order valence-electron chi connectivity index (χ2n) is 6.04. The van der Waals surface area contributed by atoms with E-state index in [4.69, 9.17) is 0 Å². The van der Waals surface area contributed by atoms with Gasteiger partial charge in [0, 0.05) is 30.6 Å². The van der Waals surface area contributed by atoms with Crippen molar-refractivity contribution < 1.29 is 9.59 Å². The van der Waals surface area contributed by atoms with Crippen molar-refractivity contribution in [2.45, 2.75) is 37.6 Å². The van der Waals surface area contributed by atoms with Crippen molar-refractivity contribution in [2.75, 3.05) is 31.9 Å². The number of hydrogen-bond donors (Lipinski definition) is 2. The summed E-state index contributed by atoms with van der Waals surface area (Å²) in [5, 5.41) is 6.22. The van der Waals surface area contributed by atoms with Crippen molar-refractivity contribution in [1.82, 2.24) is 15.5 Å². The zero-order chi connectivity index (χ0) is 17.4. The molecular formula is C18H27N3O2S. The third-order valence-corrected chi connectivity index (χ3v) is 5.12. The van der Waals surface area contributed by atoms with Crippen molar-refractivity contribution >= 4 is 23.6 Å². The lowest BCUT2D eigenvalue weighted by molar-refractivity contribution is -0.127. The second-order valence-corrected chi connectivity index (χ2v) is 7.06. The number of likely N-dealkylation sites (N-methyl/N-ethyl adjacent to an activating group) is 1. The summed E-state index contributed by atoms with van der Waals surface area (Å²) in [5.74, 6) is 0.461. The molecule has 0 spiro atoms. The molecule has 0 saturated carbocycles. The van der Waals surface area contributed by atoms with Crippen LogP contribution in [0.3, 0.4) is 0 Å². The molecule has 0 radical (unpaired) electrons. The van der Waals surface area contributed by atoms with Gasteiger partial charge in [-0.2, -0.15) is 0 Å². The van der Waals surface area contributed by atoms with E-state index in [0.717, 1.165) is 37.4 Å². The number of hydrogen-bond acceptors (Lipinski definition) is 4. The van der Waals surface area contributed by atoms with Gasteiger partial charge in [0.25, 0.3) is 5.91 Å². The van der Waals surface area contributed by atoms with Gasteiger partial charge in [0.15, 0.2) is 0 Å². The number of carbonyl (C=O) groups excluding carboxylic acids is 2. The van der Waals surface area contributed by atoms with Gasteiger partial charge in [-0.25, -0.2) is 0 Å². The largest absolute Gasteiger partial charge is 0.350 e. The first-order chi connectivity index (χ1) is 11.6. The van der Waals surface area contributed by atoms with Crippen LogP contribution in [0.2, 0.25) is 0 Å². The third kappa shape index (κ3) is 5.53. The number of nitrogens with zero attached hydrogens (tertiary/aromatic N) is 1. The number of amides is 2. The Labute approximate surface area is 148 Å². The van der Waals surface area contributed by atoms with E-state index in [2.05, 4.69) is 10.6 Å². The molecule has 1 aliphatic heterocycles. The van der Waals surface area contributed by atoms with E-state index in [9.17, 15) is 9.59 Å². The Morgan fingerprint density at radius 2 is 1.96 bits per heavy atom. The van der Waals surface area contributed by atoms with Crippen LogP contribution in [0.5, 0.6) is 0 Å². The summed E-state index contributed by atoms with van der Waals surface area (Å²) in [6, 6.07) is 7.71. The van der Waals surface area contributed by atoms with Crippen LogP contribution >= 0.6 is 11.8 Å². The van der Waals surface area contributed by atoms with Gasteiger partial charge >= 0.3 is 0 Å². The molecule has 5 nitrogen and oxygen atoms in total. The Morgan fingerprint density at radius 3 is 2.67 bits per heavy atom. The van der Waals surface area contributed by atoms with Gasteiger partial charge in [-0.3, -0.25) is 9.59 Å². The molecule has 1 fully saturated rings. The highest BCUT2D eigenvalue weighted by atomic mass is 32.2. The highest BCUT2D eigenvalue weighted by Crippen LogP contribution is 2.23. The quantitative estimate of drug-likeness (QED) is 0.706. The predicted molar refractivity (Wildman–Crippen MR) is 98.5 cm³/mol. The fraction of sp³-hybridized carbons (Fsp3) is 0.556. The predicted octanol–water partition coefficient (Wildman–Crippen LogP) is 2.13. The van der Waals surface area contributed by atoms with Gasteiger partial charge < -0.3 is 15.5 Å². The minimum atomic E-state index is -0.0866. The van der Waals surface area contributed by atoms with Crippen LogP contribution < -0.4 is 10.6 Å². The molecule has 1 aromatic rings. The molecule has 6 heteroatoms. The topological polar surface area (TPSA) is 61.4 Å². The van der Waals surface area contributed by atoms with Gasteiger partial charge in [-0.05, 0) is 38.4 Å². The molecule has 132 valence electrons. The number of rotatable bonds is 8. The number of likely N-dealkylation sites (tertiary alicyclic amines) is 1. The van der Waals surface area contributed by atoms with Gasteiger partial charge in [0.2, 0.25) is 5.91 Å². The van der Waals surface area contributed by atoms with Crippen molar-refractivity contribution in [2.24, 2.45) is 0 Å². The van der Waals surface area contributed by atoms with Crippen LogP contribution in [0.4, 0.5) is 0 Å². The third-order valence-electron chi connectivity index (χ3n) is 4.06. The minimum Gasteiger partial charge on any atom is -0.350 e. The highest BCUT2D eigenvalue weighted by Gasteiger charge is 2.19. The Kier molecular flexibility index (Phi) is 7.59. The van der Waals surface area contributed by atoms with Crippen LogP contribution in [-0.2, 0) is 4.79 Å². The number of nitrogens with one attached hydrogen (secondary N) is 2. The number of thioether (sulfide) groups is 1. The molecule has 1 aliphatic rings. The molecule has 0 aromatic heterocycles. The molecule has 1 heterocycles. The summed E-state index contributed by atoms with van der Waals surface area (Å²) < 4.78 is 0. The van der Waals surface area contributed by atoms with Crippen molar-refractivity contribution in [1.29, 1.82) is 0 Å². The lowest BCUT2D eigenvalue weighted by Crippen LogP contribution is -2.38. The SMILES string of the molecule is CCN[C@H](C)CNC(=O)c1ccccc1SCC(=O)N1CCCC1. The Bertz CT molecular complexity index is 559. The average molecular weight is 350 g/mol. The maximum absolute atomic E-state index is 12.4. The molecule has 1 aromatic carbocycles. The van der Waals surface area contributed by atoms with Crippen LogP contribution in [0, 0.1) is 0 Å². The Balaban J connectivity index is 1.91. The van der Waals surface area contributed by atoms with Crippen molar-refractivity contribution in [3.63, 3.8) is 0 Å². The zero-order valence-corrected chi connectivity index (χ0v) is 15.3. The summed E-state index contributed by atoms with van der Waals surface area (Å²) >= 11 is 1.45. The second kappa shape index (κ2) is 9.69. The van der Waals surface area contributed by atoms with Gasteiger partial charge in [0.05, 0.1) is 11.3 Å². The normalized spacial score (nSPS) is 15.3. The van der Waals surface area contributed by atoms with E-state index in [1.165, 1.54) is 11.8 Å². The Morgan fingerprint density at radius 1 is 1.25 bits per heavy atom. The van der Waals surface area contributed by atoms with Crippen LogP contribution in [0.1, 0.15) is 37.0 Å². The molecule has 1 saturated heterocycles. The Hall–Kier alpha value is -1.53. The van der Waals surface area contributed by atoms with E-state index in [0.29, 0.717) is 17.9 Å². The smallest absolute Gasteiger partial charge is 0.252 e. The van der Waals surface area contributed by atoms with Gasteiger partial charge in [-0.15, -0.1) is 11.8 Å². The van der Waals surface area contributed by atoms with Crippen molar-refractivity contribution in [3.05, 3.63) is 29.8 Å². The van der Waals surface area contributed by atoms with E-state index in [1.807, 2.05) is 43.0 Å². The summed E-state index contributed by atoms with van der Waals surface area (Å²) in [7, 11) is 0. The minimum absolute atomic E-state index is 0.0866. The monoisotopic (exact) mass is 349 g/mol. The standard InChI is InChI=1S/C18H27N3O2S/c1-3-19-14(2)12-20-18(23)15-8-4-5-9-16(15)24-13-17(22)21-10-6-7-11-21/h4-5,8-9,14,19H,3,6-7,10-13H2,1-2H3,(H,20,23)/t14-/m1/s1. The lowest BCUT2D eigenvalue weighted by atomic mass is 10.2.